The van der Waals surface area contributed by atoms with Crippen LogP contribution in [0.1, 0.15) is 10.4 Å². The van der Waals surface area contributed by atoms with Crippen molar-refractivity contribution in [2.75, 3.05) is 5.32 Å². The van der Waals surface area contributed by atoms with Gasteiger partial charge in [0, 0.05) is 11.6 Å². The summed E-state index contributed by atoms with van der Waals surface area (Å²) in [6.07, 6.45) is 2.99. The van der Waals surface area contributed by atoms with Crippen LogP contribution >= 0.6 is 23.2 Å². The minimum atomic E-state index is -0.363. The number of carbonyl (C=O) groups is 1. The van der Waals surface area contributed by atoms with Gasteiger partial charge in [-0.15, -0.1) is 0 Å². The van der Waals surface area contributed by atoms with Crippen molar-refractivity contribution in [3.63, 3.8) is 0 Å². The van der Waals surface area contributed by atoms with E-state index in [4.69, 9.17) is 27.6 Å². The summed E-state index contributed by atoms with van der Waals surface area (Å²) in [6.45, 7) is 0. The summed E-state index contributed by atoms with van der Waals surface area (Å²) >= 11 is 11.9. The van der Waals surface area contributed by atoms with Gasteiger partial charge in [0.05, 0.1) is 28.1 Å². The lowest BCUT2D eigenvalue weighted by Gasteiger charge is -2.08. The van der Waals surface area contributed by atoms with E-state index >= 15 is 0 Å². The number of aromatic nitrogens is 1. The van der Waals surface area contributed by atoms with Crippen molar-refractivity contribution in [3.8, 4) is 0 Å². The van der Waals surface area contributed by atoms with Crippen LogP contribution in [-0.2, 0) is 0 Å². The molecular weight excluding hydrogens is 299 g/mol. The van der Waals surface area contributed by atoms with Gasteiger partial charge in [0.2, 0.25) is 5.22 Å². The molecule has 6 heteroatoms. The zero-order valence-corrected chi connectivity index (χ0v) is 11.6. The molecule has 3 aromatic rings. The molecule has 0 aliphatic carbocycles. The molecule has 3 rings (SSSR count). The Bertz CT molecular complexity index is 799. The lowest BCUT2D eigenvalue weighted by atomic mass is 10.2. The fraction of sp³-hybridized carbons (Fsp3) is 0. The molecule has 0 saturated carbocycles. The van der Waals surface area contributed by atoms with Crippen molar-refractivity contribution < 1.29 is 9.21 Å². The van der Waals surface area contributed by atoms with Gasteiger partial charge >= 0.3 is 0 Å². The molecule has 1 amide bonds. The highest BCUT2D eigenvalue weighted by Gasteiger charge is 2.15. The van der Waals surface area contributed by atoms with Gasteiger partial charge in [-0.3, -0.25) is 9.78 Å². The third kappa shape index (κ3) is 2.24. The number of nitrogens with zero attached hydrogens (tertiary/aromatic N) is 1. The van der Waals surface area contributed by atoms with E-state index in [0.29, 0.717) is 16.2 Å². The molecule has 20 heavy (non-hydrogen) atoms. The first kappa shape index (κ1) is 13.0. The van der Waals surface area contributed by atoms with Crippen molar-refractivity contribution in [2.24, 2.45) is 0 Å². The molecule has 0 spiro atoms. The summed E-state index contributed by atoms with van der Waals surface area (Å²) in [5.74, 6) is -0.363. The van der Waals surface area contributed by atoms with Gasteiger partial charge in [-0.2, -0.15) is 0 Å². The van der Waals surface area contributed by atoms with Crippen molar-refractivity contribution in [2.45, 2.75) is 0 Å². The number of anilines is 1. The predicted molar refractivity (Wildman–Crippen MR) is 78.4 cm³/mol. The van der Waals surface area contributed by atoms with Gasteiger partial charge < -0.3 is 9.73 Å². The van der Waals surface area contributed by atoms with Gasteiger partial charge in [-0.25, -0.2) is 0 Å². The molecular formula is C14H8Cl2N2O2. The minimum absolute atomic E-state index is 0.0497. The number of pyridine rings is 1. The number of benzene rings is 1. The van der Waals surface area contributed by atoms with E-state index in [-0.39, 0.29) is 16.7 Å². The summed E-state index contributed by atoms with van der Waals surface area (Å²) in [5, 5.41) is 4.15. The second-order valence-electron chi connectivity index (χ2n) is 4.06. The normalized spacial score (nSPS) is 10.7. The molecule has 0 unspecified atom stereocenters. The van der Waals surface area contributed by atoms with E-state index in [9.17, 15) is 4.79 Å². The lowest BCUT2D eigenvalue weighted by Crippen LogP contribution is -2.12. The van der Waals surface area contributed by atoms with E-state index in [1.807, 2.05) is 6.07 Å². The van der Waals surface area contributed by atoms with Gasteiger partial charge in [-0.1, -0.05) is 11.6 Å². The Hall–Kier alpha value is -2.04. The Morgan fingerprint density at radius 1 is 1.20 bits per heavy atom. The van der Waals surface area contributed by atoms with E-state index in [0.717, 1.165) is 5.39 Å². The Balaban J connectivity index is 2.02. The van der Waals surface area contributed by atoms with Gasteiger partial charge in [0.1, 0.15) is 0 Å². The second kappa shape index (κ2) is 5.15. The Morgan fingerprint density at radius 2 is 2.05 bits per heavy atom. The summed E-state index contributed by atoms with van der Waals surface area (Å²) in [4.78, 5) is 16.4. The van der Waals surface area contributed by atoms with E-state index in [2.05, 4.69) is 10.3 Å². The second-order valence-corrected chi connectivity index (χ2v) is 4.81. The number of fused-ring (bicyclic) bond motifs is 1. The number of rotatable bonds is 2. The third-order valence-electron chi connectivity index (χ3n) is 2.83. The summed E-state index contributed by atoms with van der Waals surface area (Å²) in [7, 11) is 0. The number of hydrogen-bond acceptors (Lipinski definition) is 3. The van der Waals surface area contributed by atoms with Crippen LogP contribution in [0.2, 0.25) is 10.2 Å². The van der Waals surface area contributed by atoms with Crippen LogP contribution in [-0.4, -0.2) is 10.9 Å². The van der Waals surface area contributed by atoms with Gasteiger partial charge in [-0.05, 0) is 41.9 Å². The van der Waals surface area contributed by atoms with Crippen LogP contribution in [0, 0.1) is 0 Å². The van der Waals surface area contributed by atoms with Crippen molar-refractivity contribution in [3.05, 3.63) is 58.6 Å². The molecule has 0 saturated heterocycles. The Morgan fingerprint density at radius 3 is 2.80 bits per heavy atom. The van der Waals surface area contributed by atoms with Crippen LogP contribution in [0.4, 0.5) is 5.69 Å². The summed E-state index contributed by atoms with van der Waals surface area (Å²) in [6, 6.07) is 8.53. The molecule has 0 bridgehead atoms. The highest BCUT2D eigenvalue weighted by Crippen LogP contribution is 2.28. The van der Waals surface area contributed by atoms with Crippen LogP contribution in [0.25, 0.3) is 10.9 Å². The van der Waals surface area contributed by atoms with Crippen LogP contribution in [0.3, 0.4) is 0 Å². The fourth-order valence-electron chi connectivity index (χ4n) is 1.88. The molecule has 1 N–H and O–H groups in total. The first-order valence-corrected chi connectivity index (χ1v) is 6.50. The molecule has 2 aromatic heterocycles. The number of nitrogens with one attached hydrogen (secondary N) is 1. The van der Waals surface area contributed by atoms with Gasteiger partial charge in [0.15, 0.2) is 0 Å². The average molecular weight is 307 g/mol. The highest BCUT2D eigenvalue weighted by molar-refractivity contribution is 6.36. The monoisotopic (exact) mass is 306 g/mol. The molecule has 100 valence electrons. The number of hydrogen-bond donors (Lipinski definition) is 1. The number of halogens is 2. The zero-order valence-electron chi connectivity index (χ0n) is 10.1. The molecule has 4 nitrogen and oxygen atoms in total. The topological polar surface area (TPSA) is 55.1 Å². The third-order valence-corrected chi connectivity index (χ3v) is 3.45. The number of carbonyl (C=O) groups excluding carboxylic acids is 1. The molecule has 0 radical (unpaired) electrons. The maximum atomic E-state index is 12.1. The van der Waals surface area contributed by atoms with E-state index < -0.39 is 0 Å². The first-order valence-electron chi connectivity index (χ1n) is 5.74. The molecule has 1 aromatic carbocycles. The van der Waals surface area contributed by atoms with Crippen molar-refractivity contribution >= 4 is 45.7 Å². The standard InChI is InChI=1S/C14H8Cl2N2O2/c15-10-3-4-11(12-8(10)2-1-6-17-12)18-14(19)9-5-7-20-13(9)16/h1-7H,(H,18,19). The van der Waals surface area contributed by atoms with Crippen LogP contribution in [0.5, 0.6) is 0 Å². The Labute approximate surface area is 124 Å². The molecule has 2 heterocycles. The quantitative estimate of drug-likeness (QED) is 0.764. The first-order chi connectivity index (χ1) is 9.66. The van der Waals surface area contributed by atoms with Crippen molar-refractivity contribution in [1.82, 2.24) is 4.98 Å². The Kier molecular flexibility index (Phi) is 3.34. The maximum Gasteiger partial charge on any atom is 0.260 e. The van der Waals surface area contributed by atoms with Crippen LogP contribution in [0.15, 0.2) is 47.2 Å². The molecule has 0 aliphatic rings. The summed E-state index contributed by atoms with van der Waals surface area (Å²) < 4.78 is 4.90. The minimum Gasteiger partial charge on any atom is -0.452 e. The molecule has 0 aliphatic heterocycles. The lowest BCUT2D eigenvalue weighted by molar-refractivity contribution is 0.102. The molecule has 0 atom stereocenters. The largest absolute Gasteiger partial charge is 0.452 e. The fourth-order valence-corrected chi connectivity index (χ4v) is 2.30. The van der Waals surface area contributed by atoms with Gasteiger partial charge in [0.25, 0.3) is 5.91 Å². The predicted octanol–water partition coefficient (Wildman–Crippen LogP) is 4.39. The van der Waals surface area contributed by atoms with E-state index in [1.165, 1.54) is 12.3 Å². The zero-order chi connectivity index (χ0) is 14.1. The van der Waals surface area contributed by atoms with Crippen LogP contribution < -0.4 is 5.32 Å². The number of furan rings is 1. The van der Waals surface area contributed by atoms with E-state index in [1.54, 1.807) is 24.4 Å². The maximum absolute atomic E-state index is 12.1. The number of amides is 1. The molecule has 0 fully saturated rings. The SMILES string of the molecule is O=C(Nc1ccc(Cl)c2cccnc12)c1ccoc1Cl. The van der Waals surface area contributed by atoms with Crippen molar-refractivity contribution in [1.29, 1.82) is 0 Å². The highest BCUT2D eigenvalue weighted by atomic mass is 35.5. The summed E-state index contributed by atoms with van der Waals surface area (Å²) in [5.41, 5.74) is 1.45. The average Bonchev–Trinajstić information content (AvgIpc) is 2.88. The smallest absolute Gasteiger partial charge is 0.260 e.